The number of hydrogen-bond acceptors (Lipinski definition) is 4. The largest absolute Gasteiger partial charge is 0.465 e. The van der Waals surface area contributed by atoms with Gasteiger partial charge in [0.25, 0.3) is 0 Å². The number of halogens is 1. The quantitative estimate of drug-likeness (QED) is 0.599. The molecule has 0 unspecified atom stereocenters. The van der Waals surface area contributed by atoms with E-state index in [0.29, 0.717) is 13.2 Å². The zero-order chi connectivity index (χ0) is 18.2. The van der Waals surface area contributed by atoms with Gasteiger partial charge < -0.3 is 9.64 Å². The zero-order valence-corrected chi connectivity index (χ0v) is 17.3. The summed E-state index contributed by atoms with van der Waals surface area (Å²) in [4.78, 5) is 16.1. The van der Waals surface area contributed by atoms with Gasteiger partial charge in [-0.15, -0.1) is 0 Å². The number of rotatable bonds is 8. The van der Waals surface area contributed by atoms with E-state index in [0.717, 1.165) is 25.6 Å². The third-order valence-electron chi connectivity index (χ3n) is 5.05. The predicted molar refractivity (Wildman–Crippen MR) is 107 cm³/mol. The molecule has 0 N–H and O–H groups in total. The fraction of sp³-hybridized carbons (Fsp3) is 0.650. The molecule has 0 aromatic heterocycles. The number of piperidine rings is 1. The Kier molecular flexibility index (Phi) is 8.24. The van der Waals surface area contributed by atoms with Gasteiger partial charge in [-0.1, -0.05) is 15.9 Å². The van der Waals surface area contributed by atoms with E-state index in [1.807, 2.05) is 6.92 Å². The summed E-state index contributed by atoms with van der Waals surface area (Å²) in [5.41, 5.74) is 2.56. The average molecular weight is 411 g/mol. The van der Waals surface area contributed by atoms with Crippen LogP contribution < -0.4 is 4.90 Å². The molecule has 5 heteroatoms. The highest BCUT2D eigenvalue weighted by Gasteiger charge is 2.21. The number of esters is 1. The highest BCUT2D eigenvalue weighted by molar-refractivity contribution is 9.10. The van der Waals surface area contributed by atoms with E-state index >= 15 is 0 Å². The fourth-order valence-electron chi connectivity index (χ4n) is 3.43. The van der Waals surface area contributed by atoms with E-state index in [-0.39, 0.29) is 5.97 Å². The molecule has 0 amide bonds. The molecule has 25 heavy (non-hydrogen) atoms. The van der Waals surface area contributed by atoms with E-state index in [4.69, 9.17) is 4.74 Å². The minimum absolute atomic E-state index is 0.0904. The van der Waals surface area contributed by atoms with Crippen molar-refractivity contribution in [2.45, 2.75) is 39.5 Å². The van der Waals surface area contributed by atoms with Crippen LogP contribution in [0, 0.1) is 12.8 Å². The van der Waals surface area contributed by atoms with Crippen molar-refractivity contribution in [1.29, 1.82) is 0 Å². The summed E-state index contributed by atoms with van der Waals surface area (Å²) in [5, 5.41) is 0. The molecule has 4 nitrogen and oxygen atoms in total. The van der Waals surface area contributed by atoms with Crippen LogP contribution in [-0.2, 0) is 9.53 Å². The van der Waals surface area contributed by atoms with E-state index in [1.54, 1.807) is 0 Å². The lowest BCUT2D eigenvalue weighted by Crippen LogP contribution is -2.38. The van der Waals surface area contributed by atoms with Crippen molar-refractivity contribution in [2.75, 3.05) is 44.7 Å². The second-order valence-electron chi connectivity index (χ2n) is 7.02. The number of ether oxygens (including phenoxy) is 1. The summed E-state index contributed by atoms with van der Waals surface area (Å²) in [7, 11) is 2.17. The third kappa shape index (κ3) is 6.63. The molecule has 1 aliphatic rings. The van der Waals surface area contributed by atoms with Gasteiger partial charge in [0.1, 0.15) is 0 Å². The third-order valence-corrected chi connectivity index (χ3v) is 5.94. The van der Waals surface area contributed by atoms with Crippen LogP contribution in [0.5, 0.6) is 0 Å². The Morgan fingerprint density at radius 3 is 2.72 bits per heavy atom. The zero-order valence-electron chi connectivity index (χ0n) is 15.8. The first kappa shape index (κ1) is 20.2. The van der Waals surface area contributed by atoms with Crippen LogP contribution >= 0.6 is 15.9 Å². The van der Waals surface area contributed by atoms with Crippen LogP contribution in [0.1, 0.15) is 38.2 Å². The number of carbonyl (C=O) groups is 1. The maximum Gasteiger partial charge on any atom is 0.320 e. The Balaban J connectivity index is 1.66. The van der Waals surface area contributed by atoms with Gasteiger partial charge in [0.15, 0.2) is 0 Å². The lowest BCUT2D eigenvalue weighted by atomic mass is 9.92. The molecule has 0 saturated carbocycles. The fourth-order valence-corrected chi connectivity index (χ4v) is 3.68. The number of carbonyl (C=O) groups excluding carboxylic acids is 1. The maximum absolute atomic E-state index is 11.5. The second-order valence-corrected chi connectivity index (χ2v) is 7.88. The molecule has 1 fully saturated rings. The summed E-state index contributed by atoms with van der Waals surface area (Å²) in [6.07, 6.45) is 4.88. The molecule has 1 aromatic carbocycles. The maximum atomic E-state index is 11.5. The molecule has 0 bridgehead atoms. The number of aryl methyl sites for hydroxylation is 1. The summed E-state index contributed by atoms with van der Waals surface area (Å²) < 4.78 is 6.20. The van der Waals surface area contributed by atoms with Crippen molar-refractivity contribution in [2.24, 2.45) is 5.92 Å². The van der Waals surface area contributed by atoms with Gasteiger partial charge >= 0.3 is 5.97 Å². The van der Waals surface area contributed by atoms with E-state index in [2.05, 4.69) is 57.9 Å². The van der Waals surface area contributed by atoms with Crippen LogP contribution in [0.4, 0.5) is 5.69 Å². The van der Waals surface area contributed by atoms with Crippen LogP contribution in [-0.4, -0.2) is 50.7 Å². The molecule has 1 aliphatic heterocycles. The highest BCUT2D eigenvalue weighted by Crippen LogP contribution is 2.24. The molecule has 140 valence electrons. The number of hydrogen-bond donors (Lipinski definition) is 0. The van der Waals surface area contributed by atoms with Crippen molar-refractivity contribution in [3.8, 4) is 0 Å². The van der Waals surface area contributed by atoms with Gasteiger partial charge in [-0.05, 0) is 82.3 Å². The van der Waals surface area contributed by atoms with E-state index in [1.165, 1.54) is 41.4 Å². The van der Waals surface area contributed by atoms with Gasteiger partial charge in [-0.3, -0.25) is 9.69 Å². The van der Waals surface area contributed by atoms with E-state index < -0.39 is 0 Å². The Hall–Kier alpha value is -1.07. The summed E-state index contributed by atoms with van der Waals surface area (Å²) in [6, 6.07) is 6.53. The first-order valence-corrected chi connectivity index (χ1v) is 10.1. The van der Waals surface area contributed by atoms with Gasteiger partial charge in [-0.25, -0.2) is 0 Å². The normalized spacial score (nSPS) is 16.0. The van der Waals surface area contributed by atoms with Crippen molar-refractivity contribution in [3.63, 3.8) is 0 Å². The SMILES string of the molecule is CCOC(=O)CN1CCC(CCCN(C)c2ccc(Br)c(C)c2)CC1. The molecule has 0 spiro atoms. The van der Waals surface area contributed by atoms with Crippen LogP contribution in [0.2, 0.25) is 0 Å². The molecule has 1 saturated heterocycles. The molecular weight excluding hydrogens is 380 g/mol. The molecule has 1 aromatic rings. The average Bonchev–Trinajstić information content (AvgIpc) is 2.59. The highest BCUT2D eigenvalue weighted by atomic mass is 79.9. The standard InChI is InChI=1S/C20H31BrN2O2/c1-4-25-20(24)15-23-12-9-17(10-13-23)6-5-11-22(3)18-7-8-19(21)16(2)14-18/h7-8,14,17H,4-6,9-13,15H2,1-3H3. The Morgan fingerprint density at radius 1 is 1.36 bits per heavy atom. The first-order chi connectivity index (χ1) is 12.0. The lowest BCUT2D eigenvalue weighted by molar-refractivity contribution is -0.144. The number of likely N-dealkylation sites (tertiary alicyclic amines) is 1. The van der Waals surface area contributed by atoms with Crippen molar-refractivity contribution in [3.05, 3.63) is 28.2 Å². The monoisotopic (exact) mass is 410 g/mol. The van der Waals surface area contributed by atoms with Gasteiger partial charge in [0.2, 0.25) is 0 Å². The van der Waals surface area contributed by atoms with Gasteiger partial charge in [0.05, 0.1) is 13.2 Å². The van der Waals surface area contributed by atoms with Crippen molar-refractivity contribution in [1.82, 2.24) is 4.90 Å². The molecule has 0 atom stereocenters. The van der Waals surface area contributed by atoms with Crippen molar-refractivity contribution >= 4 is 27.6 Å². The number of nitrogens with zero attached hydrogens (tertiary/aromatic N) is 2. The number of benzene rings is 1. The Labute approximate surface area is 160 Å². The second kappa shape index (κ2) is 10.2. The van der Waals surface area contributed by atoms with Crippen LogP contribution in [0.15, 0.2) is 22.7 Å². The van der Waals surface area contributed by atoms with Gasteiger partial charge in [-0.2, -0.15) is 0 Å². The molecule has 0 radical (unpaired) electrons. The smallest absolute Gasteiger partial charge is 0.320 e. The summed E-state index contributed by atoms with van der Waals surface area (Å²) >= 11 is 3.56. The topological polar surface area (TPSA) is 32.8 Å². The summed E-state index contributed by atoms with van der Waals surface area (Å²) in [6.45, 7) is 8.04. The summed E-state index contributed by atoms with van der Waals surface area (Å²) in [5.74, 6) is 0.700. The molecule has 0 aliphatic carbocycles. The number of anilines is 1. The Morgan fingerprint density at radius 2 is 2.08 bits per heavy atom. The molecule has 2 rings (SSSR count). The van der Waals surface area contributed by atoms with Gasteiger partial charge in [0, 0.05) is 23.8 Å². The minimum atomic E-state index is -0.0904. The molecule has 1 heterocycles. The lowest BCUT2D eigenvalue weighted by Gasteiger charge is -2.31. The molecular formula is C20H31BrN2O2. The first-order valence-electron chi connectivity index (χ1n) is 9.35. The minimum Gasteiger partial charge on any atom is -0.465 e. The van der Waals surface area contributed by atoms with E-state index in [9.17, 15) is 4.79 Å². The van der Waals surface area contributed by atoms with Crippen LogP contribution in [0.25, 0.3) is 0 Å². The van der Waals surface area contributed by atoms with Crippen molar-refractivity contribution < 1.29 is 9.53 Å². The predicted octanol–water partition coefficient (Wildman–Crippen LogP) is 4.25. The Bertz CT molecular complexity index is 557. The van der Waals surface area contributed by atoms with Crippen LogP contribution in [0.3, 0.4) is 0 Å².